The SMILES string of the molecule is CCCC12CN3CCN(CC(C3)[C@@H]1O)C2. The van der Waals surface area contributed by atoms with Crippen LogP contribution >= 0.6 is 0 Å². The molecule has 4 rings (SSSR count). The van der Waals surface area contributed by atoms with Crippen molar-refractivity contribution in [2.24, 2.45) is 11.3 Å². The van der Waals surface area contributed by atoms with Crippen LogP contribution in [-0.2, 0) is 0 Å². The zero-order valence-corrected chi connectivity index (χ0v) is 9.65. The quantitative estimate of drug-likeness (QED) is 0.714. The predicted octanol–water partition coefficient (Wildman–Crippen LogP) is 0.395. The zero-order valence-electron chi connectivity index (χ0n) is 9.65. The van der Waals surface area contributed by atoms with E-state index < -0.39 is 0 Å². The molecule has 4 aliphatic heterocycles. The molecule has 15 heavy (non-hydrogen) atoms. The van der Waals surface area contributed by atoms with Crippen LogP contribution in [0.2, 0.25) is 0 Å². The first-order valence-electron chi connectivity index (χ1n) is 6.36. The second-order valence-electron chi connectivity index (χ2n) is 5.79. The normalized spacial score (nSPS) is 53.2. The molecule has 0 aromatic rings. The maximum absolute atomic E-state index is 10.5. The summed E-state index contributed by atoms with van der Waals surface area (Å²) in [5.41, 5.74) is 0.201. The number of hydrogen-bond acceptors (Lipinski definition) is 3. The highest BCUT2D eigenvalue weighted by atomic mass is 16.3. The van der Waals surface area contributed by atoms with Gasteiger partial charge in [-0.15, -0.1) is 0 Å². The van der Waals surface area contributed by atoms with Crippen LogP contribution in [0.3, 0.4) is 0 Å². The van der Waals surface area contributed by atoms with Gasteiger partial charge >= 0.3 is 0 Å². The fourth-order valence-electron chi connectivity index (χ4n) is 4.10. The summed E-state index contributed by atoms with van der Waals surface area (Å²) in [6.45, 7) is 9.20. The Bertz CT molecular complexity index is 240. The average molecular weight is 210 g/mol. The first-order valence-corrected chi connectivity index (χ1v) is 6.36. The summed E-state index contributed by atoms with van der Waals surface area (Å²) in [6, 6.07) is 0. The Hall–Kier alpha value is -0.120. The molecule has 4 fully saturated rings. The van der Waals surface area contributed by atoms with Crippen molar-refractivity contribution in [1.82, 2.24) is 9.80 Å². The molecule has 3 atom stereocenters. The van der Waals surface area contributed by atoms with Crippen LogP contribution < -0.4 is 0 Å². The average Bonchev–Trinajstić information content (AvgIpc) is 2.43. The topological polar surface area (TPSA) is 26.7 Å². The number of aliphatic hydroxyl groups is 1. The monoisotopic (exact) mass is 210 g/mol. The smallest absolute Gasteiger partial charge is 0.0673 e. The maximum atomic E-state index is 10.5. The Balaban J connectivity index is 1.92. The maximum Gasteiger partial charge on any atom is 0.0673 e. The minimum Gasteiger partial charge on any atom is -0.392 e. The molecule has 1 N–H and O–H groups in total. The van der Waals surface area contributed by atoms with Crippen molar-refractivity contribution in [2.45, 2.75) is 25.9 Å². The summed E-state index contributed by atoms with van der Waals surface area (Å²) < 4.78 is 0. The molecular weight excluding hydrogens is 188 g/mol. The lowest BCUT2D eigenvalue weighted by atomic mass is 9.67. The molecule has 4 heterocycles. The summed E-state index contributed by atoms with van der Waals surface area (Å²) in [7, 11) is 0. The Morgan fingerprint density at radius 1 is 1.20 bits per heavy atom. The van der Waals surface area contributed by atoms with Crippen molar-refractivity contribution in [2.75, 3.05) is 39.3 Å². The summed E-state index contributed by atoms with van der Waals surface area (Å²) in [5, 5.41) is 10.5. The molecule has 0 aliphatic carbocycles. The van der Waals surface area contributed by atoms with Gasteiger partial charge in [-0.2, -0.15) is 0 Å². The molecule has 4 saturated heterocycles. The molecule has 0 amide bonds. The minimum atomic E-state index is -0.0388. The zero-order chi connectivity index (χ0) is 10.5. The van der Waals surface area contributed by atoms with Crippen LogP contribution in [0, 0.1) is 11.3 Å². The van der Waals surface area contributed by atoms with Crippen molar-refractivity contribution < 1.29 is 5.11 Å². The van der Waals surface area contributed by atoms with Crippen LogP contribution in [-0.4, -0.2) is 60.3 Å². The lowest BCUT2D eigenvalue weighted by molar-refractivity contribution is -0.120. The van der Waals surface area contributed by atoms with Gasteiger partial charge in [0, 0.05) is 50.6 Å². The molecule has 3 heteroatoms. The lowest BCUT2D eigenvalue weighted by Gasteiger charge is -2.53. The molecule has 3 nitrogen and oxygen atoms in total. The van der Waals surface area contributed by atoms with Crippen LogP contribution in [0.25, 0.3) is 0 Å². The molecule has 0 radical (unpaired) electrons. The second-order valence-corrected chi connectivity index (χ2v) is 5.79. The fraction of sp³-hybridized carbons (Fsp3) is 1.00. The van der Waals surface area contributed by atoms with Crippen LogP contribution in [0.1, 0.15) is 19.8 Å². The van der Waals surface area contributed by atoms with Gasteiger partial charge < -0.3 is 14.9 Å². The molecular formula is C12H22N2O. The van der Waals surface area contributed by atoms with Crippen molar-refractivity contribution >= 4 is 0 Å². The van der Waals surface area contributed by atoms with E-state index in [2.05, 4.69) is 16.7 Å². The Kier molecular flexibility index (Phi) is 2.31. The highest BCUT2D eigenvalue weighted by Crippen LogP contribution is 2.43. The van der Waals surface area contributed by atoms with Gasteiger partial charge in [-0.05, 0) is 6.42 Å². The molecule has 0 spiro atoms. The van der Waals surface area contributed by atoms with Crippen molar-refractivity contribution in [3.8, 4) is 0 Å². The standard InChI is InChI=1S/C12H22N2O/c1-2-3-12-8-13-4-5-14(9-12)7-10(6-13)11(12)15/h10-11,15H,2-9H2,1H3/t10?,11-,12?/m0/s1. The molecule has 4 aliphatic rings. The molecule has 86 valence electrons. The van der Waals surface area contributed by atoms with Gasteiger partial charge in [0.05, 0.1) is 6.10 Å². The number of fused-ring (bicyclic) bond motifs is 1. The summed E-state index contributed by atoms with van der Waals surface area (Å²) in [6.07, 6.45) is 2.35. The number of aliphatic hydroxyl groups excluding tert-OH is 1. The third-order valence-corrected chi connectivity index (χ3v) is 4.62. The number of rotatable bonds is 2. The van der Waals surface area contributed by atoms with Gasteiger partial charge in [0.25, 0.3) is 0 Å². The number of hydrogen-bond donors (Lipinski definition) is 1. The summed E-state index contributed by atoms with van der Waals surface area (Å²) >= 11 is 0. The Labute approximate surface area is 92.1 Å². The second kappa shape index (κ2) is 3.44. The van der Waals surface area contributed by atoms with E-state index in [1.165, 1.54) is 25.9 Å². The first-order chi connectivity index (χ1) is 7.23. The van der Waals surface area contributed by atoms with E-state index in [0.29, 0.717) is 5.92 Å². The fourth-order valence-corrected chi connectivity index (χ4v) is 4.10. The van der Waals surface area contributed by atoms with E-state index in [0.717, 1.165) is 26.2 Å². The minimum absolute atomic E-state index is 0.0388. The number of piperidine rings is 2. The van der Waals surface area contributed by atoms with E-state index in [4.69, 9.17) is 0 Å². The van der Waals surface area contributed by atoms with Gasteiger partial charge in [0.2, 0.25) is 0 Å². The Morgan fingerprint density at radius 3 is 2.33 bits per heavy atom. The summed E-state index contributed by atoms with van der Waals surface area (Å²) in [4.78, 5) is 5.17. The van der Waals surface area contributed by atoms with Crippen LogP contribution in [0.5, 0.6) is 0 Å². The van der Waals surface area contributed by atoms with Gasteiger partial charge in [-0.1, -0.05) is 13.3 Å². The van der Waals surface area contributed by atoms with Gasteiger partial charge in [0.1, 0.15) is 0 Å². The largest absolute Gasteiger partial charge is 0.392 e. The molecule has 4 bridgehead atoms. The highest BCUT2D eigenvalue weighted by molar-refractivity contribution is 5.05. The molecule has 0 aromatic carbocycles. The highest BCUT2D eigenvalue weighted by Gasteiger charge is 2.52. The van der Waals surface area contributed by atoms with Gasteiger partial charge in [0.15, 0.2) is 0 Å². The van der Waals surface area contributed by atoms with Crippen molar-refractivity contribution in [3.05, 3.63) is 0 Å². The van der Waals surface area contributed by atoms with E-state index in [1.807, 2.05) is 0 Å². The predicted molar refractivity (Wildman–Crippen MR) is 59.7 cm³/mol. The lowest BCUT2D eigenvalue weighted by Crippen LogP contribution is -2.63. The third-order valence-electron chi connectivity index (χ3n) is 4.62. The van der Waals surface area contributed by atoms with E-state index in [9.17, 15) is 5.11 Å². The van der Waals surface area contributed by atoms with Crippen LogP contribution in [0.4, 0.5) is 0 Å². The van der Waals surface area contributed by atoms with Crippen molar-refractivity contribution in [3.63, 3.8) is 0 Å². The molecule has 0 aromatic heterocycles. The van der Waals surface area contributed by atoms with E-state index >= 15 is 0 Å². The first kappa shape index (κ1) is 10.1. The van der Waals surface area contributed by atoms with E-state index in [1.54, 1.807) is 0 Å². The number of nitrogens with zero attached hydrogens (tertiary/aromatic N) is 2. The van der Waals surface area contributed by atoms with Gasteiger partial charge in [-0.25, -0.2) is 0 Å². The molecule has 0 saturated carbocycles. The van der Waals surface area contributed by atoms with Crippen LogP contribution in [0.15, 0.2) is 0 Å². The molecule has 2 unspecified atom stereocenters. The summed E-state index contributed by atoms with van der Waals surface area (Å²) in [5.74, 6) is 0.515. The van der Waals surface area contributed by atoms with E-state index in [-0.39, 0.29) is 11.5 Å². The van der Waals surface area contributed by atoms with Gasteiger partial charge in [-0.3, -0.25) is 0 Å². The van der Waals surface area contributed by atoms with Crippen molar-refractivity contribution in [1.29, 1.82) is 0 Å². The third kappa shape index (κ3) is 1.44. The Morgan fingerprint density at radius 2 is 1.80 bits per heavy atom.